The third kappa shape index (κ3) is 4.39. The highest BCUT2D eigenvalue weighted by Gasteiger charge is 2.23. The molecule has 2 aromatic carbocycles. The van der Waals surface area contributed by atoms with Crippen LogP contribution in [0.5, 0.6) is 0 Å². The van der Waals surface area contributed by atoms with Gasteiger partial charge in [-0.15, -0.1) is 0 Å². The van der Waals surface area contributed by atoms with Crippen LogP contribution in [0.15, 0.2) is 42.5 Å². The van der Waals surface area contributed by atoms with Crippen LogP contribution < -0.4 is 5.32 Å². The van der Waals surface area contributed by atoms with Crippen molar-refractivity contribution >= 4 is 23.4 Å². The number of rotatable bonds is 3. The Bertz CT molecular complexity index is 898. The minimum atomic E-state index is -0.207. The molecule has 0 unspecified atom stereocenters. The molecule has 2 aromatic rings. The monoisotopic (exact) mass is 379 g/mol. The molecule has 0 atom stereocenters. The number of piperazine rings is 1. The molecule has 3 rings (SSSR count). The molecule has 0 saturated carbocycles. The summed E-state index contributed by atoms with van der Waals surface area (Å²) in [7, 11) is 0. The number of carbonyl (C=O) groups is 3. The molecule has 0 radical (unpaired) electrons. The van der Waals surface area contributed by atoms with E-state index >= 15 is 0 Å². The highest BCUT2D eigenvalue weighted by atomic mass is 16.2. The number of hydrogen-bond acceptors (Lipinski definition) is 3. The molecule has 146 valence electrons. The predicted molar refractivity (Wildman–Crippen MR) is 108 cm³/mol. The van der Waals surface area contributed by atoms with E-state index in [2.05, 4.69) is 5.32 Å². The lowest BCUT2D eigenvalue weighted by Gasteiger charge is -2.34. The van der Waals surface area contributed by atoms with Gasteiger partial charge in [0.25, 0.3) is 11.8 Å². The van der Waals surface area contributed by atoms with Crippen LogP contribution in [0, 0.1) is 13.8 Å². The summed E-state index contributed by atoms with van der Waals surface area (Å²) in [5.74, 6) is -0.253. The predicted octanol–water partition coefficient (Wildman–Crippen LogP) is 2.86. The minimum Gasteiger partial charge on any atom is -0.339 e. The highest BCUT2D eigenvalue weighted by molar-refractivity contribution is 6.05. The van der Waals surface area contributed by atoms with Crippen LogP contribution in [0.4, 0.5) is 5.69 Å². The second-order valence-corrected chi connectivity index (χ2v) is 7.15. The van der Waals surface area contributed by atoms with E-state index in [0.29, 0.717) is 37.3 Å². The minimum absolute atomic E-state index is 0.0336. The molecule has 1 heterocycles. The Hall–Kier alpha value is -3.15. The van der Waals surface area contributed by atoms with Crippen LogP contribution in [0.3, 0.4) is 0 Å². The Kier molecular flexibility index (Phi) is 5.78. The van der Waals surface area contributed by atoms with Gasteiger partial charge in [-0.3, -0.25) is 14.4 Å². The van der Waals surface area contributed by atoms with E-state index in [1.165, 1.54) is 0 Å². The molecule has 28 heavy (non-hydrogen) atoms. The van der Waals surface area contributed by atoms with Crippen LogP contribution >= 0.6 is 0 Å². The van der Waals surface area contributed by atoms with Gasteiger partial charge in [0.05, 0.1) is 0 Å². The summed E-state index contributed by atoms with van der Waals surface area (Å²) in [5.41, 5.74) is 3.96. The second-order valence-electron chi connectivity index (χ2n) is 7.15. The molecule has 6 nitrogen and oxygen atoms in total. The van der Waals surface area contributed by atoms with Crippen LogP contribution in [0.2, 0.25) is 0 Å². The highest BCUT2D eigenvalue weighted by Crippen LogP contribution is 2.18. The molecule has 3 amide bonds. The number of amides is 3. The van der Waals surface area contributed by atoms with E-state index in [1.54, 1.807) is 41.0 Å². The summed E-state index contributed by atoms with van der Waals surface area (Å²) < 4.78 is 0. The number of anilines is 1. The molecule has 0 aromatic heterocycles. The molecule has 1 aliphatic rings. The SMILES string of the molecule is CC(=O)N1CCN(C(=O)c2ccc(C(=O)Nc3ccc(C)cc3C)cc2)CC1. The molecule has 6 heteroatoms. The fraction of sp³-hybridized carbons (Fsp3) is 0.318. The number of nitrogens with zero attached hydrogens (tertiary/aromatic N) is 2. The third-order valence-electron chi connectivity index (χ3n) is 5.04. The van der Waals surface area contributed by atoms with E-state index < -0.39 is 0 Å². The Morgan fingerprint density at radius 2 is 1.39 bits per heavy atom. The zero-order chi connectivity index (χ0) is 20.3. The lowest BCUT2D eigenvalue weighted by molar-refractivity contribution is -0.130. The van der Waals surface area contributed by atoms with E-state index in [9.17, 15) is 14.4 Å². The van der Waals surface area contributed by atoms with Gasteiger partial charge in [-0.25, -0.2) is 0 Å². The molecular formula is C22H25N3O3. The van der Waals surface area contributed by atoms with Crippen molar-refractivity contribution in [1.82, 2.24) is 9.80 Å². The molecule has 0 aliphatic carbocycles. The van der Waals surface area contributed by atoms with E-state index in [4.69, 9.17) is 0 Å². The van der Waals surface area contributed by atoms with Gasteiger partial charge >= 0.3 is 0 Å². The molecule has 1 saturated heterocycles. The molecule has 1 N–H and O–H groups in total. The van der Waals surface area contributed by atoms with Crippen molar-refractivity contribution in [3.05, 3.63) is 64.7 Å². The number of benzene rings is 2. The van der Waals surface area contributed by atoms with Crippen molar-refractivity contribution in [2.24, 2.45) is 0 Å². The Morgan fingerprint density at radius 3 is 1.96 bits per heavy atom. The smallest absolute Gasteiger partial charge is 0.255 e. The average Bonchev–Trinajstić information content (AvgIpc) is 2.69. The summed E-state index contributed by atoms with van der Waals surface area (Å²) in [6, 6.07) is 12.5. The zero-order valence-electron chi connectivity index (χ0n) is 16.5. The first-order valence-electron chi connectivity index (χ1n) is 9.38. The molecule has 1 fully saturated rings. The maximum absolute atomic E-state index is 12.6. The Balaban J connectivity index is 1.63. The number of aryl methyl sites for hydroxylation is 2. The normalized spacial score (nSPS) is 14.0. The van der Waals surface area contributed by atoms with Gasteiger partial charge in [-0.2, -0.15) is 0 Å². The standard InChI is InChI=1S/C22H25N3O3/c1-15-4-9-20(16(2)14-15)23-21(27)18-5-7-19(8-6-18)22(28)25-12-10-24(11-13-25)17(3)26/h4-9,14H,10-13H2,1-3H3,(H,23,27). The van der Waals surface area contributed by atoms with Crippen molar-refractivity contribution in [1.29, 1.82) is 0 Å². The van der Waals surface area contributed by atoms with Gasteiger partial charge in [-0.1, -0.05) is 17.7 Å². The van der Waals surface area contributed by atoms with Crippen LogP contribution in [0.1, 0.15) is 38.8 Å². The second kappa shape index (κ2) is 8.25. The molecule has 0 spiro atoms. The van der Waals surface area contributed by atoms with E-state index in [1.807, 2.05) is 32.0 Å². The lowest BCUT2D eigenvalue weighted by Crippen LogP contribution is -2.50. The molecule has 1 aliphatic heterocycles. The third-order valence-corrected chi connectivity index (χ3v) is 5.04. The van der Waals surface area contributed by atoms with Crippen molar-refractivity contribution in [2.75, 3.05) is 31.5 Å². The number of nitrogens with one attached hydrogen (secondary N) is 1. The molecule has 0 bridgehead atoms. The van der Waals surface area contributed by atoms with Crippen molar-refractivity contribution < 1.29 is 14.4 Å². The van der Waals surface area contributed by atoms with Gasteiger partial charge in [0.15, 0.2) is 0 Å². The first-order chi connectivity index (χ1) is 13.3. The van der Waals surface area contributed by atoms with Crippen LogP contribution in [0.25, 0.3) is 0 Å². The zero-order valence-corrected chi connectivity index (χ0v) is 16.5. The lowest BCUT2D eigenvalue weighted by atomic mass is 10.1. The van der Waals surface area contributed by atoms with Gasteiger partial charge in [0, 0.05) is 49.9 Å². The fourth-order valence-electron chi connectivity index (χ4n) is 3.32. The first-order valence-corrected chi connectivity index (χ1v) is 9.38. The van der Waals surface area contributed by atoms with Crippen molar-refractivity contribution in [3.63, 3.8) is 0 Å². The number of hydrogen-bond donors (Lipinski definition) is 1. The Labute approximate surface area is 165 Å². The van der Waals surface area contributed by atoms with Crippen molar-refractivity contribution in [2.45, 2.75) is 20.8 Å². The van der Waals surface area contributed by atoms with Gasteiger partial charge in [0.1, 0.15) is 0 Å². The molecular weight excluding hydrogens is 354 g/mol. The summed E-state index contributed by atoms with van der Waals surface area (Å²) in [6.45, 7) is 7.65. The van der Waals surface area contributed by atoms with Gasteiger partial charge in [0.2, 0.25) is 5.91 Å². The average molecular weight is 379 g/mol. The van der Waals surface area contributed by atoms with Crippen LogP contribution in [-0.2, 0) is 4.79 Å². The first kappa shape index (κ1) is 19.6. The van der Waals surface area contributed by atoms with Gasteiger partial charge < -0.3 is 15.1 Å². The quantitative estimate of drug-likeness (QED) is 0.892. The maximum Gasteiger partial charge on any atom is 0.255 e. The maximum atomic E-state index is 12.6. The summed E-state index contributed by atoms with van der Waals surface area (Å²) in [6.07, 6.45) is 0. The summed E-state index contributed by atoms with van der Waals surface area (Å²) in [5, 5.41) is 2.91. The summed E-state index contributed by atoms with van der Waals surface area (Å²) in [4.78, 5) is 40.0. The van der Waals surface area contributed by atoms with Crippen molar-refractivity contribution in [3.8, 4) is 0 Å². The summed E-state index contributed by atoms with van der Waals surface area (Å²) >= 11 is 0. The topological polar surface area (TPSA) is 69.7 Å². The van der Waals surface area contributed by atoms with Gasteiger partial charge in [-0.05, 0) is 49.7 Å². The number of carbonyl (C=O) groups excluding carboxylic acids is 3. The van der Waals surface area contributed by atoms with E-state index in [-0.39, 0.29) is 17.7 Å². The largest absolute Gasteiger partial charge is 0.339 e. The van der Waals surface area contributed by atoms with Crippen LogP contribution in [-0.4, -0.2) is 53.7 Å². The van der Waals surface area contributed by atoms with E-state index in [0.717, 1.165) is 16.8 Å². The Morgan fingerprint density at radius 1 is 0.821 bits per heavy atom. The fourth-order valence-corrected chi connectivity index (χ4v) is 3.32.